The molecule has 10 heteroatoms. The summed E-state index contributed by atoms with van der Waals surface area (Å²) in [5.74, 6) is -0.572. The number of rotatable bonds is 5. The summed E-state index contributed by atoms with van der Waals surface area (Å²) >= 11 is 0. The molecule has 0 unspecified atom stereocenters. The number of hydrogen-bond acceptors (Lipinski definition) is 6. The van der Waals surface area contributed by atoms with Crippen LogP contribution in [-0.2, 0) is 21.2 Å². The van der Waals surface area contributed by atoms with E-state index >= 15 is 0 Å². The first-order valence-corrected chi connectivity index (χ1v) is 10.4. The van der Waals surface area contributed by atoms with Gasteiger partial charge in [0.25, 0.3) is 5.56 Å². The molecular formula is C16H20N4O5S. The summed E-state index contributed by atoms with van der Waals surface area (Å²) in [6, 6.07) is 1.28. The van der Waals surface area contributed by atoms with Crippen molar-refractivity contribution in [3.63, 3.8) is 0 Å². The van der Waals surface area contributed by atoms with E-state index in [-0.39, 0.29) is 29.7 Å². The van der Waals surface area contributed by atoms with E-state index < -0.39 is 39.6 Å². The van der Waals surface area contributed by atoms with Crippen LogP contribution in [0.25, 0.3) is 0 Å². The first kappa shape index (κ1) is 18.4. The Hall–Kier alpha value is -2.41. The summed E-state index contributed by atoms with van der Waals surface area (Å²) in [7, 11) is -3.16. The maximum Gasteiger partial charge on any atom is 0.331 e. The monoisotopic (exact) mass is 380 g/mol. The first-order valence-electron chi connectivity index (χ1n) is 8.53. The summed E-state index contributed by atoms with van der Waals surface area (Å²) < 4.78 is 25.5. The summed E-state index contributed by atoms with van der Waals surface area (Å²) in [5, 5.41) is 9.14. The Labute approximate surface area is 150 Å². The Morgan fingerprint density at radius 1 is 1.35 bits per heavy atom. The Morgan fingerprint density at radius 2 is 2.04 bits per heavy atom. The van der Waals surface area contributed by atoms with E-state index in [2.05, 4.69) is 0 Å². The lowest BCUT2D eigenvalue weighted by Crippen LogP contribution is -2.48. The second kappa shape index (κ2) is 6.72. The lowest BCUT2D eigenvalue weighted by atomic mass is 10.2. The van der Waals surface area contributed by atoms with Crippen molar-refractivity contribution >= 4 is 15.7 Å². The van der Waals surface area contributed by atoms with Crippen LogP contribution in [-0.4, -0.2) is 52.5 Å². The molecule has 1 saturated carbocycles. The van der Waals surface area contributed by atoms with Gasteiger partial charge in [-0.15, -0.1) is 0 Å². The molecule has 0 radical (unpaired) electrons. The smallest absolute Gasteiger partial charge is 0.331 e. The van der Waals surface area contributed by atoms with E-state index in [4.69, 9.17) is 5.26 Å². The third kappa shape index (κ3) is 3.44. The van der Waals surface area contributed by atoms with Crippen molar-refractivity contribution in [1.29, 1.82) is 5.26 Å². The van der Waals surface area contributed by atoms with Crippen LogP contribution < -0.4 is 11.2 Å². The predicted octanol–water partition coefficient (Wildman–Crippen LogP) is -0.748. The maximum atomic E-state index is 12.7. The molecule has 0 aromatic carbocycles. The van der Waals surface area contributed by atoms with E-state index in [9.17, 15) is 22.8 Å². The molecule has 1 atom stereocenters. The van der Waals surface area contributed by atoms with Gasteiger partial charge in [0.15, 0.2) is 9.84 Å². The molecule has 140 valence electrons. The molecule has 1 aromatic rings. The fraction of sp³-hybridized carbons (Fsp3) is 0.625. The van der Waals surface area contributed by atoms with Crippen LogP contribution in [0, 0.1) is 11.3 Å². The van der Waals surface area contributed by atoms with Crippen LogP contribution in [0.3, 0.4) is 0 Å². The third-order valence-corrected chi connectivity index (χ3v) is 6.61. The van der Waals surface area contributed by atoms with Gasteiger partial charge >= 0.3 is 5.69 Å². The van der Waals surface area contributed by atoms with Crippen LogP contribution in [0.2, 0.25) is 0 Å². The summed E-state index contributed by atoms with van der Waals surface area (Å²) in [6.45, 7) is 1.51. The molecule has 1 aliphatic heterocycles. The lowest BCUT2D eigenvalue weighted by molar-refractivity contribution is -0.133. The van der Waals surface area contributed by atoms with Crippen molar-refractivity contribution in [3.05, 3.63) is 32.6 Å². The number of likely N-dealkylation sites (N-methyl/N-ethyl adjacent to an activating group) is 1. The van der Waals surface area contributed by atoms with Gasteiger partial charge in [0.1, 0.15) is 18.2 Å². The van der Waals surface area contributed by atoms with Gasteiger partial charge in [-0.25, -0.2) is 17.8 Å². The highest BCUT2D eigenvalue weighted by Gasteiger charge is 2.34. The van der Waals surface area contributed by atoms with Crippen molar-refractivity contribution in [2.75, 3.05) is 18.1 Å². The van der Waals surface area contributed by atoms with Gasteiger partial charge in [-0.05, 0) is 26.2 Å². The molecule has 2 aliphatic rings. The molecule has 0 bridgehead atoms. The molecule has 26 heavy (non-hydrogen) atoms. The number of carbonyl (C=O) groups excluding carboxylic acids is 1. The molecule has 1 aromatic heterocycles. The van der Waals surface area contributed by atoms with E-state index in [0.717, 1.165) is 17.4 Å². The second-order valence-electron chi connectivity index (χ2n) is 6.70. The fourth-order valence-corrected chi connectivity index (χ4v) is 5.07. The number of aromatic nitrogens is 2. The van der Waals surface area contributed by atoms with Gasteiger partial charge in [-0.2, -0.15) is 5.26 Å². The molecule has 2 fully saturated rings. The zero-order valence-electron chi connectivity index (χ0n) is 14.4. The lowest BCUT2D eigenvalue weighted by Gasteiger charge is -2.27. The van der Waals surface area contributed by atoms with Gasteiger partial charge < -0.3 is 4.90 Å². The number of nitrogens with zero attached hydrogens (tertiary/aromatic N) is 4. The largest absolute Gasteiger partial charge is 0.337 e. The number of carbonyl (C=O) groups is 1. The minimum absolute atomic E-state index is 0.0276. The highest BCUT2D eigenvalue weighted by atomic mass is 32.2. The minimum Gasteiger partial charge on any atom is -0.337 e. The standard InChI is InChI=1S/C16H20N4O5S/c1-2-18(13-5-6-26(24,25)10-13)14(21)9-20-15(22)11(7-17)8-19(16(20)23)12-3-4-12/h8,12-13H,2-6,9-10H2,1H3/t13-/m1/s1. The van der Waals surface area contributed by atoms with Gasteiger partial charge in [0.05, 0.1) is 11.5 Å². The van der Waals surface area contributed by atoms with Crippen molar-refractivity contribution in [3.8, 4) is 6.07 Å². The highest BCUT2D eigenvalue weighted by molar-refractivity contribution is 7.91. The van der Waals surface area contributed by atoms with Crippen LogP contribution in [0.1, 0.15) is 37.8 Å². The van der Waals surface area contributed by atoms with Gasteiger partial charge in [-0.3, -0.25) is 14.2 Å². The van der Waals surface area contributed by atoms with E-state index in [0.29, 0.717) is 6.42 Å². The van der Waals surface area contributed by atoms with E-state index in [1.165, 1.54) is 15.7 Å². The van der Waals surface area contributed by atoms with Crippen molar-refractivity contribution in [1.82, 2.24) is 14.0 Å². The molecule has 1 amide bonds. The van der Waals surface area contributed by atoms with Crippen LogP contribution in [0.5, 0.6) is 0 Å². The number of amides is 1. The molecule has 1 saturated heterocycles. The van der Waals surface area contributed by atoms with Crippen molar-refractivity contribution in [2.24, 2.45) is 0 Å². The Morgan fingerprint density at radius 3 is 2.54 bits per heavy atom. The van der Waals surface area contributed by atoms with Crippen LogP contribution in [0.4, 0.5) is 0 Å². The van der Waals surface area contributed by atoms with Crippen LogP contribution >= 0.6 is 0 Å². The molecule has 9 nitrogen and oxygen atoms in total. The summed E-state index contributed by atoms with van der Waals surface area (Å²) in [4.78, 5) is 39.0. The topological polar surface area (TPSA) is 122 Å². The van der Waals surface area contributed by atoms with Crippen molar-refractivity contribution < 1.29 is 13.2 Å². The number of nitriles is 1. The summed E-state index contributed by atoms with van der Waals surface area (Å²) in [6.07, 6.45) is 3.18. The van der Waals surface area contributed by atoms with E-state index in [1.54, 1.807) is 13.0 Å². The van der Waals surface area contributed by atoms with Crippen molar-refractivity contribution in [2.45, 2.75) is 44.8 Å². The Kier molecular flexibility index (Phi) is 4.75. The Bertz CT molecular complexity index is 997. The number of sulfone groups is 1. The maximum absolute atomic E-state index is 12.7. The van der Waals surface area contributed by atoms with Gasteiger partial charge in [0, 0.05) is 24.8 Å². The van der Waals surface area contributed by atoms with Crippen LogP contribution in [0.15, 0.2) is 15.8 Å². The molecule has 0 spiro atoms. The average Bonchev–Trinajstić information content (AvgIpc) is 3.36. The third-order valence-electron chi connectivity index (χ3n) is 4.86. The summed E-state index contributed by atoms with van der Waals surface area (Å²) in [5.41, 5.74) is -1.59. The van der Waals surface area contributed by atoms with E-state index in [1.807, 2.05) is 0 Å². The normalized spacial score (nSPS) is 21.3. The quantitative estimate of drug-likeness (QED) is 0.662. The molecule has 0 N–H and O–H groups in total. The van der Waals surface area contributed by atoms with Gasteiger partial charge in [-0.1, -0.05) is 0 Å². The molecule has 2 heterocycles. The average molecular weight is 380 g/mol. The molecule has 3 rings (SSSR count). The fourth-order valence-electron chi connectivity index (χ4n) is 3.34. The zero-order valence-corrected chi connectivity index (χ0v) is 15.2. The predicted molar refractivity (Wildman–Crippen MR) is 92.4 cm³/mol. The first-order chi connectivity index (χ1) is 12.3. The Balaban J connectivity index is 1.91. The SMILES string of the molecule is CCN(C(=O)Cn1c(=O)c(C#N)cn(C2CC2)c1=O)[C@@H]1CCS(=O)(=O)C1. The minimum atomic E-state index is -3.16. The second-order valence-corrected chi connectivity index (χ2v) is 8.93. The van der Waals surface area contributed by atoms with Gasteiger partial charge in [0.2, 0.25) is 5.91 Å². The zero-order chi connectivity index (χ0) is 19.1. The highest BCUT2D eigenvalue weighted by Crippen LogP contribution is 2.33. The number of hydrogen-bond donors (Lipinski definition) is 0. The molecular weight excluding hydrogens is 360 g/mol. The molecule has 1 aliphatic carbocycles.